The maximum absolute atomic E-state index is 10.9. The number of rotatable bonds is 1. The molecule has 13 heavy (non-hydrogen) atoms. The lowest BCUT2D eigenvalue weighted by Gasteiger charge is -2.40. The molecule has 2 bridgehead atoms. The van der Waals surface area contributed by atoms with E-state index in [0.717, 1.165) is 12.8 Å². The van der Waals surface area contributed by atoms with E-state index in [1.54, 1.807) is 6.92 Å². The number of hydrogen-bond acceptors (Lipinski definition) is 2. The van der Waals surface area contributed by atoms with Gasteiger partial charge in [0, 0.05) is 25.0 Å². The minimum Gasteiger partial charge on any atom is -0.353 e. The summed E-state index contributed by atoms with van der Waals surface area (Å²) in [6.45, 7) is 1.61. The number of carbonyl (C=O) groups excluding carboxylic acids is 1. The molecule has 2 N–H and O–H groups in total. The zero-order valence-electron chi connectivity index (χ0n) is 8.18. The van der Waals surface area contributed by atoms with Gasteiger partial charge < -0.3 is 10.6 Å². The summed E-state index contributed by atoms with van der Waals surface area (Å²) in [5.41, 5.74) is 0. The third-order valence-corrected chi connectivity index (χ3v) is 3.12. The van der Waals surface area contributed by atoms with Gasteiger partial charge in [-0.2, -0.15) is 0 Å². The molecule has 2 rings (SSSR count). The standard InChI is InChI=1S/C10H18N2O/c1-7(13)11-10-5-8-3-2-4-9(6-10)12-8/h8-10,12H,2-6H2,1H3,(H,11,13)/t8-,9+,10?. The van der Waals surface area contributed by atoms with E-state index in [4.69, 9.17) is 0 Å². The smallest absolute Gasteiger partial charge is 0.217 e. The van der Waals surface area contributed by atoms with Crippen molar-refractivity contribution in [2.75, 3.05) is 0 Å². The summed E-state index contributed by atoms with van der Waals surface area (Å²) in [5.74, 6) is 0.116. The van der Waals surface area contributed by atoms with E-state index in [1.165, 1.54) is 19.3 Å². The number of amides is 1. The quantitative estimate of drug-likeness (QED) is 0.629. The number of nitrogens with one attached hydrogen (secondary N) is 2. The van der Waals surface area contributed by atoms with Crippen LogP contribution in [0.1, 0.15) is 39.0 Å². The molecule has 2 saturated heterocycles. The number of carbonyl (C=O) groups is 1. The molecule has 2 aliphatic heterocycles. The van der Waals surface area contributed by atoms with E-state index in [-0.39, 0.29) is 5.91 Å². The van der Waals surface area contributed by atoms with Gasteiger partial charge in [-0.05, 0) is 25.7 Å². The minimum absolute atomic E-state index is 0.116. The molecule has 3 atom stereocenters. The van der Waals surface area contributed by atoms with Gasteiger partial charge in [-0.25, -0.2) is 0 Å². The van der Waals surface area contributed by atoms with Crippen LogP contribution in [0.4, 0.5) is 0 Å². The SMILES string of the molecule is CC(=O)NC1C[C@H]2CCC[C@@H](C1)N2. The van der Waals surface area contributed by atoms with Crippen LogP contribution in [-0.4, -0.2) is 24.0 Å². The van der Waals surface area contributed by atoms with Crippen molar-refractivity contribution in [3.8, 4) is 0 Å². The molecule has 0 aliphatic carbocycles. The zero-order valence-corrected chi connectivity index (χ0v) is 8.18. The Hall–Kier alpha value is -0.570. The first-order chi connectivity index (χ1) is 6.24. The predicted octanol–water partition coefficient (Wildman–Crippen LogP) is 0.796. The first-order valence-corrected chi connectivity index (χ1v) is 5.27. The monoisotopic (exact) mass is 182 g/mol. The van der Waals surface area contributed by atoms with Gasteiger partial charge in [-0.1, -0.05) is 6.42 Å². The number of fused-ring (bicyclic) bond motifs is 2. The first kappa shape index (κ1) is 9.00. The lowest BCUT2D eigenvalue weighted by Crippen LogP contribution is -2.54. The molecule has 1 unspecified atom stereocenters. The van der Waals surface area contributed by atoms with E-state index in [2.05, 4.69) is 10.6 Å². The Kier molecular flexibility index (Phi) is 2.54. The molecule has 0 aromatic heterocycles. The highest BCUT2D eigenvalue weighted by atomic mass is 16.1. The Morgan fingerprint density at radius 1 is 1.31 bits per heavy atom. The van der Waals surface area contributed by atoms with E-state index in [9.17, 15) is 4.79 Å². The number of hydrogen-bond donors (Lipinski definition) is 2. The molecule has 3 heteroatoms. The molecule has 0 aromatic rings. The van der Waals surface area contributed by atoms with Crippen LogP contribution in [0.5, 0.6) is 0 Å². The summed E-state index contributed by atoms with van der Waals surface area (Å²) >= 11 is 0. The molecule has 3 nitrogen and oxygen atoms in total. The second kappa shape index (κ2) is 3.66. The van der Waals surface area contributed by atoms with Gasteiger partial charge >= 0.3 is 0 Å². The van der Waals surface area contributed by atoms with Crippen molar-refractivity contribution in [3.63, 3.8) is 0 Å². The Morgan fingerprint density at radius 3 is 2.46 bits per heavy atom. The van der Waals surface area contributed by atoms with Crippen LogP contribution in [0.25, 0.3) is 0 Å². The van der Waals surface area contributed by atoms with Crippen LogP contribution in [0.2, 0.25) is 0 Å². The zero-order chi connectivity index (χ0) is 9.26. The van der Waals surface area contributed by atoms with Crippen molar-refractivity contribution in [3.05, 3.63) is 0 Å². The molecule has 0 radical (unpaired) electrons. The molecular weight excluding hydrogens is 164 g/mol. The Labute approximate surface area is 79.3 Å². The third kappa shape index (κ3) is 2.21. The van der Waals surface area contributed by atoms with Crippen molar-refractivity contribution in [2.45, 2.75) is 57.2 Å². The van der Waals surface area contributed by atoms with Gasteiger partial charge in [0.1, 0.15) is 0 Å². The van der Waals surface area contributed by atoms with E-state index >= 15 is 0 Å². The predicted molar refractivity (Wildman–Crippen MR) is 51.4 cm³/mol. The van der Waals surface area contributed by atoms with Crippen molar-refractivity contribution in [2.24, 2.45) is 0 Å². The van der Waals surface area contributed by atoms with Gasteiger partial charge in [0.15, 0.2) is 0 Å². The maximum atomic E-state index is 10.9. The largest absolute Gasteiger partial charge is 0.353 e. The summed E-state index contributed by atoms with van der Waals surface area (Å²) in [6.07, 6.45) is 6.17. The fourth-order valence-corrected chi connectivity index (χ4v) is 2.67. The highest BCUT2D eigenvalue weighted by Crippen LogP contribution is 2.25. The molecule has 74 valence electrons. The van der Waals surface area contributed by atoms with E-state index in [0.29, 0.717) is 18.1 Å². The van der Waals surface area contributed by atoms with Crippen LogP contribution in [-0.2, 0) is 4.79 Å². The summed E-state index contributed by atoms with van der Waals surface area (Å²) < 4.78 is 0. The van der Waals surface area contributed by atoms with Crippen LogP contribution >= 0.6 is 0 Å². The average Bonchev–Trinajstić information content (AvgIpc) is 2.01. The molecule has 2 heterocycles. The second-order valence-electron chi connectivity index (χ2n) is 4.36. The third-order valence-electron chi connectivity index (χ3n) is 3.12. The average molecular weight is 182 g/mol. The van der Waals surface area contributed by atoms with Crippen molar-refractivity contribution in [1.29, 1.82) is 0 Å². The van der Waals surface area contributed by atoms with E-state index < -0.39 is 0 Å². The summed E-state index contributed by atoms with van der Waals surface area (Å²) in [7, 11) is 0. The fourth-order valence-electron chi connectivity index (χ4n) is 2.67. The second-order valence-corrected chi connectivity index (χ2v) is 4.36. The van der Waals surface area contributed by atoms with E-state index in [1.807, 2.05) is 0 Å². The van der Waals surface area contributed by atoms with Gasteiger partial charge in [-0.3, -0.25) is 4.79 Å². The van der Waals surface area contributed by atoms with Crippen molar-refractivity contribution in [1.82, 2.24) is 10.6 Å². The Morgan fingerprint density at radius 2 is 1.92 bits per heavy atom. The highest BCUT2D eigenvalue weighted by Gasteiger charge is 2.31. The molecule has 2 fully saturated rings. The van der Waals surface area contributed by atoms with Crippen molar-refractivity contribution >= 4 is 5.91 Å². The molecular formula is C10H18N2O. The normalized spacial score (nSPS) is 38.4. The highest BCUT2D eigenvalue weighted by molar-refractivity contribution is 5.73. The van der Waals surface area contributed by atoms with Crippen molar-refractivity contribution < 1.29 is 4.79 Å². The summed E-state index contributed by atoms with van der Waals surface area (Å²) in [6, 6.07) is 1.74. The van der Waals surface area contributed by atoms with Crippen LogP contribution in [0, 0.1) is 0 Å². The lowest BCUT2D eigenvalue weighted by molar-refractivity contribution is -0.120. The number of piperidine rings is 2. The van der Waals surface area contributed by atoms with Gasteiger partial charge in [0.25, 0.3) is 0 Å². The molecule has 1 amide bonds. The summed E-state index contributed by atoms with van der Waals surface area (Å²) in [4.78, 5) is 10.9. The Balaban J connectivity index is 1.90. The molecule has 2 aliphatic rings. The first-order valence-electron chi connectivity index (χ1n) is 5.27. The molecule has 0 saturated carbocycles. The summed E-state index contributed by atoms with van der Waals surface area (Å²) in [5, 5.41) is 6.64. The maximum Gasteiger partial charge on any atom is 0.217 e. The van der Waals surface area contributed by atoms with Gasteiger partial charge in [0.05, 0.1) is 0 Å². The Bertz CT molecular complexity index is 193. The van der Waals surface area contributed by atoms with Crippen LogP contribution in [0.15, 0.2) is 0 Å². The van der Waals surface area contributed by atoms with Crippen LogP contribution < -0.4 is 10.6 Å². The molecule has 0 aromatic carbocycles. The van der Waals surface area contributed by atoms with Gasteiger partial charge in [-0.15, -0.1) is 0 Å². The molecule has 0 spiro atoms. The van der Waals surface area contributed by atoms with Crippen LogP contribution in [0.3, 0.4) is 0 Å². The fraction of sp³-hybridized carbons (Fsp3) is 0.900. The van der Waals surface area contributed by atoms with Gasteiger partial charge in [0.2, 0.25) is 5.91 Å². The topological polar surface area (TPSA) is 41.1 Å². The minimum atomic E-state index is 0.116. The lowest BCUT2D eigenvalue weighted by atomic mass is 9.84.